The number of morpholine rings is 1. The summed E-state index contributed by atoms with van der Waals surface area (Å²) in [7, 11) is 0. The van der Waals surface area contributed by atoms with Crippen LogP contribution in [0.5, 0.6) is 0 Å². The Morgan fingerprint density at radius 3 is 2.81 bits per heavy atom. The van der Waals surface area contributed by atoms with E-state index < -0.39 is 0 Å². The lowest BCUT2D eigenvalue weighted by atomic mass is 9.92. The number of ether oxygens (including phenoxy) is 1. The molecule has 3 aliphatic rings. The molecule has 1 aromatic carbocycles. The van der Waals surface area contributed by atoms with Crippen LogP contribution in [-0.2, 0) is 11.3 Å². The van der Waals surface area contributed by atoms with Gasteiger partial charge in [0.1, 0.15) is 0 Å². The van der Waals surface area contributed by atoms with E-state index in [1.165, 1.54) is 50.8 Å². The summed E-state index contributed by atoms with van der Waals surface area (Å²) in [4.78, 5) is 2.63. The van der Waals surface area contributed by atoms with Gasteiger partial charge >= 0.3 is 0 Å². The summed E-state index contributed by atoms with van der Waals surface area (Å²) in [6, 6.07) is 12.8. The quantitative estimate of drug-likeness (QED) is 0.824. The zero-order valence-corrected chi connectivity index (χ0v) is 16.6. The van der Waals surface area contributed by atoms with Gasteiger partial charge in [0.2, 0.25) is 0 Å². The van der Waals surface area contributed by atoms with Crippen LogP contribution in [-0.4, -0.2) is 55.9 Å². The van der Waals surface area contributed by atoms with Gasteiger partial charge < -0.3 is 15.4 Å². The molecular weight excluding hydrogens is 346 g/mol. The maximum absolute atomic E-state index is 5.72. The number of benzene rings is 1. The number of rotatable bonds is 5. The smallest absolute Gasteiger partial charge is 0.0623 e. The highest BCUT2D eigenvalue weighted by Crippen LogP contribution is 2.30. The first kappa shape index (κ1) is 20.1. The molecule has 4 rings (SSSR count). The highest BCUT2D eigenvalue weighted by Gasteiger charge is 2.36. The third-order valence-corrected chi connectivity index (χ3v) is 6.24. The lowest BCUT2D eigenvalue weighted by Crippen LogP contribution is -2.54. The average Bonchev–Trinajstić information content (AvgIpc) is 3.12. The van der Waals surface area contributed by atoms with Crippen LogP contribution in [0.1, 0.15) is 37.7 Å². The Bertz CT molecular complexity index is 523. The second-order valence-electron chi connectivity index (χ2n) is 8.06. The average molecular weight is 380 g/mol. The van der Waals surface area contributed by atoms with Gasteiger partial charge in [-0.2, -0.15) is 0 Å². The van der Waals surface area contributed by atoms with Crippen LogP contribution in [0.15, 0.2) is 30.3 Å². The van der Waals surface area contributed by atoms with Gasteiger partial charge in [0.05, 0.1) is 13.2 Å². The number of likely N-dealkylation sites (tertiary alicyclic amines) is 1. The van der Waals surface area contributed by atoms with Crippen molar-refractivity contribution in [1.29, 1.82) is 0 Å². The maximum Gasteiger partial charge on any atom is 0.0623 e. The minimum absolute atomic E-state index is 0. The number of nitrogens with zero attached hydrogens (tertiary/aromatic N) is 1. The first-order chi connectivity index (χ1) is 12.4. The Morgan fingerprint density at radius 2 is 2.00 bits per heavy atom. The monoisotopic (exact) mass is 379 g/mol. The molecule has 3 fully saturated rings. The van der Waals surface area contributed by atoms with Crippen molar-refractivity contribution in [3.63, 3.8) is 0 Å². The molecule has 2 N–H and O–H groups in total. The third kappa shape index (κ3) is 5.20. The topological polar surface area (TPSA) is 36.5 Å². The summed E-state index contributed by atoms with van der Waals surface area (Å²) < 4.78 is 5.72. The Labute approximate surface area is 164 Å². The second kappa shape index (κ2) is 10.0. The van der Waals surface area contributed by atoms with Crippen LogP contribution in [0.25, 0.3) is 0 Å². The number of hydrogen-bond donors (Lipinski definition) is 2. The highest BCUT2D eigenvalue weighted by atomic mass is 35.5. The zero-order valence-electron chi connectivity index (χ0n) is 15.7. The maximum atomic E-state index is 5.72. The molecule has 0 aromatic heterocycles. The van der Waals surface area contributed by atoms with Gasteiger partial charge in [-0.15, -0.1) is 12.4 Å². The summed E-state index contributed by atoms with van der Waals surface area (Å²) in [6.07, 6.45) is 6.67. The molecule has 2 aliphatic heterocycles. The fourth-order valence-electron chi connectivity index (χ4n) is 5.02. The number of hydrogen-bond acceptors (Lipinski definition) is 4. The molecular formula is C21H34ClN3O. The molecule has 1 saturated carbocycles. The molecule has 5 heteroatoms. The molecule has 0 bridgehead atoms. The van der Waals surface area contributed by atoms with E-state index in [0.717, 1.165) is 32.2 Å². The second-order valence-corrected chi connectivity index (χ2v) is 8.06. The predicted molar refractivity (Wildman–Crippen MR) is 109 cm³/mol. The first-order valence-electron chi connectivity index (χ1n) is 10.2. The molecule has 2 heterocycles. The molecule has 4 atom stereocenters. The molecule has 1 aromatic rings. The molecule has 0 spiro atoms. The summed E-state index contributed by atoms with van der Waals surface area (Å²) >= 11 is 0. The number of halogens is 1. The minimum Gasteiger partial charge on any atom is -0.379 e. The van der Waals surface area contributed by atoms with Crippen molar-refractivity contribution in [3.05, 3.63) is 35.9 Å². The Morgan fingerprint density at radius 1 is 1.12 bits per heavy atom. The largest absolute Gasteiger partial charge is 0.379 e. The van der Waals surface area contributed by atoms with Crippen molar-refractivity contribution in [2.45, 2.75) is 56.8 Å². The van der Waals surface area contributed by atoms with E-state index in [1.807, 2.05) is 0 Å². The van der Waals surface area contributed by atoms with Crippen molar-refractivity contribution in [3.8, 4) is 0 Å². The number of nitrogens with one attached hydrogen (secondary N) is 2. The third-order valence-electron chi connectivity index (χ3n) is 6.24. The molecule has 0 amide bonds. The highest BCUT2D eigenvalue weighted by molar-refractivity contribution is 5.85. The molecule has 146 valence electrons. The number of piperidine rings is 1. The molecule has 4 unspecified atom stereocenters. The van der Waals surface area contributed by atoms with Gasteiger partial charge in [-0.3, -0.25) is 4.90 Å². The Hall–Kier alpha value is -0.650. The van der Waals surface area contributed by atoms with Crippen molar-refractivity contribution in [2.75, 3.05) is 32.8 Å². The fraction of sp³-hybridized carbons (Fsp3) is 0.714. The van der Waals surface area contributed by atoms with Gasteiger partial charge in [0.15, 0.2) is 0 Å². The predicted octanol–water partition coefficient (Wildman–Crippen LogP) is 2.82. The van der Waals surface area contributed by atoms with Crippen LogP contribution in [0.3, 0.4) is 0 Å². The minimum atomic E-state index is 0. The zero-order chi connectivity index (χ0) is 16.9. The van der Waals surface area contributed by atoms with Gasteiger partial charge in [0.25, 0.3) is 0 Å². The van der Waals surface area contributed by atoms with Gasteiger partial charge in [-0.1, -0.05) is 36.8 Å². The standard InChI is InChI=1S/C21H33N3O.ClH/c1-2-6-17(7-3-1)14-24-12-5-8-18(15-24)23-20-10-4-9-19(20)21-16-25-13-11-22-21;/h1-3,6-7,18-23H,4-5,8-16H2;1H. The Kier molecular flexibility index (Phi) is 7.77. The van der Waals surface area contributed by atoms with Crippen molar-refractivity contribution < 1.29 is 4.74 Å². The van der Waals surface area contributed by atoms with E-state index >= 15 is 0 Å². The lowest BCUT2D eigenvalue weighted by molar-refractivity contribution is 0.0502. The van der Waals surface area contributed by atoms with E-state index in [9.17, 15) is 0 Å². The van der Waals surface area contributed by atoms with Gasteiger partial charge in [-0.05, 0) is 43.7 Å². The summed E-state index contributed by atoms with van der Waals surface area (Å²) in [5, 5.41) is 7.74. The van der Waals surface area contributed by atoms with Gasteiger partial charge in [-0.25, -0.2) is 0 Å². The van der Waals surface area contributed by atoms with Crippen LogP contribution < -0.4 is 10.6 Å². The molecule has 1 aliphatic carbocycles. The summed E-state index contributed by atoms with van der Waals surface area (Å²) in [6.45, 7) is 6.30. The lowest BCUT2D eigenvalue weighted by Gasteiger charge is -2.38. The normalized spacial score (nSPS) is 32.9. The van der Waals surface area contributed by atoms with Crippen molar-refractivity contribution >= 4 is 12.4 Å². The van der Waals surface area contributed by atoms with Crippen LogP contribution in [0, 0.1) is 5.92 Å². The van der Waals surface area contributed by atoms with E-state index in [2.05, 4.69) is 45.9 Å². The van der Waals surface area contributed by atoms with Crippen molar-refractivity contribution in [1.82, 2.24) is 15.5 Å². The van der Waals surface area contributed by atoms with E-state index in [-0.39, 0.29) is 12.4 Å². The summed E-state index contributed by atoms with van der Waals surface area (Å²) in [5.41, 5.74) is 1.44. The Balaban J connectivity index is 0.00000196. The SMILES string of the molecule is Cl.c1ccc(CN2CCCC(NC3CCCC3C3COCCN3)C2)cc1. The molecule has 26 heavy (non-hydrogen) atoms. The van der Waals surface area contributed by atoms with E-state index in [0.29, 0.717) is 18.1 Å². The summed E-state index contributed by atoms with van der Waals surface area (Å²) in [5.74, 6) is 0.741. The fourth-order valence-corrected chi connectivity index (χ4v) is 5.02. The molecule has 4 nitrogen and oxygen atoms in total. The first-order valence-corrected chi connectivity index (χ1v) is 10.2. The molecule has 2 saturated heterocycles. The van der Waals surface area contributed by atoms with Crippen molar-refractivity contribution in [2.24, 2.45) is 5.92 Å². The van der Waals surface area contributed by atoms with Crippen LogP contribution in [0.2, 0.25) is 0 Å². The van der Waals surface area contributed by atoms with Gasteiger partial charge in [0, 0.05) is 37.8 Å². The van der Waals surface area contributed by atoms with E-state index in [4.69, 9.17) is 4.74 Å². The molecule has 0 radical (unpaired) electrons. The van der Waals surface area contributed by atoms with E-state index in [1.54, 1.807) is 0 Å². The van der Waals surface area contributed by atoms with Crippen LogP contribution in [0.4, 0.5) is 0 Å². The van der Waals surface area contributed by atoms with Crippen LogP contribution >= 0.6 is 12.4 Å².